The highest BCUT2D eigenvalue weighted by atomic mass is 16.6. The van der Waals surface area contributed by atoms with Gasteiger partial charge < -0.3 is 9.47 Å². The first-order valence-corrected chi connectivity index (χ1v) is 13.4. The van der Waals surface area contributed by atoms with Crippen molar-refractivity contribution in [3.05, 3.63) is 35.5 Å². The van der Waals surface area contributed by atoms with Crippen LogP contribution in [0, 0.1) is 28.1 Å². The molecule has 2 saturated carbocycles. The zero-order valence-corrected chi connectivity index (χ0v) is 22.6. The second kappa shape index (κ2) is 9.11. The van der Waals surface area contributed by atoms with Crippen LogP contribution in [0.1, 0.15) is 86.5 Å². The van der Waals surface area contributed by atoms with Crippen molar-refractivity contribution in [1.82, 2.24) is 0 Å². The molecule has 2 fully saturated rings. The van der Waals surface area contributed by atoms with Crippen molar-refractivity contribution in [2.75, 3.05) is 6.61 Å². The first kappa shape index (κ1) is 26.6. The van der Waals surface area contributed by atoms with Crippen molar-refractivity contribution >= 4 is 23.5 Å². The molecule has 0 unspecified atom stereocenters. The number of hydrogen-bond donors (Lipinski definition) is 0. The highest BCUT2D eigenvalue weighted by Crippen LogP contribution is 2.66. The molecular weight excluding hydrogens is 456 g/mol. The summed E-state index contributed by atoms with van der Waals surface area (Å²) in [5.74, 6) is -0.732. The third-order valence-electron chi connectivity index (χ3n) is 9.22. The number of ether oxygens (including phenoxy) is 2. The SMILES string of the molecule is CCCC(=O)OCC(=O)[C@@]1(OC(=O)C(C)(C)C)CC[C@H]2[C@@H]3CCC4=CC(=O)C=C[C@]4(C)C3=CC[C@@]21C. The molecule has 0 aliphatic heterocycles. The van der Waals surface area contributed by atoms with Gasteiger partial charge >= 0.3 is 11.9 Å². The third kappa shape index (κ3) is 4.10. The Morgan fingerprint density at radius 3 is 2.53 bits per heavy atom. The van der Waals surface area contributed by atoms with E-state index in [1.54, 1.807) is 32.9 Å². The Kier molecular flexibility index (Phi) is 6.72. The molecule has 196 valence electrons. The van der Waals surface area contributed by atoms with Gasteiger partial charge in [0.25, 0.3) is 0 Å². The average Bonchev–Trinajstić information content (AvgIpc) is 3.10. The number of fused-ring (bicyclic) bond motifs is 5. The first-order valence-electron chi connectivity index (χ1n) is 13.4. The van der Waals surface area contributed by atoms with E-state index in [0.717, 1.165) is 24.8 Å². The number of allylic oxidation sites excluding steroid dienone is 6. The minimum Gasteiger partial charge on any atom is -0.457 e. The number of carbonyl (C=O) groups is 4. The van der Waals surface area contributed by atoms with Crippen molar-refractivity contribution in [1.29, 1.82) is 0 Å². The Balaban J connectivity index is 1.72. The van der Waals surface area contributed by atoms with Gasteiger partial charge in [-0.3, -0.25) is 19.2 Å². The highest BCUT2D eigenvalue weighted by molar-refractivity contribution is 6.01. The zero-order chi connectivity index (χ0) is 26.5. The molecule has 5 atom stereocenters. The van der Waals surface area contributed by atoms with Gasteiger partial charge in [0.15, 0.2) is 18.0 Å². The quantitative estimate of drug-likeness (QED) is 0.359. The predicted octanol–water partition coefficient (Wildman–Crippen LogP) is 5.45. The van der Waals surface area contributed by atoms with E-state index in [1.165, 1.54) is 5.57 Å². The molecule has 4 aliphatic rings. The molecule has 0 spiro atoms. The molecule has 36 heavy (non-hydrogen) atoms. The first-order chi connectivity index (χ1) is 16.8. The summed E-state index contributed by atoms with van der Waals surface area (Å²) in [4.78, 5) is 51.2. The normalized spacial score (nSPS) is 35.1. The standard InChI is InChI=1S/C30H40O6/c1-7-8-25(33)35-18-24(32)30(36-26(34)27(2,3)4)16-13-23-21-10-9-19-17-20(31)11-14-28(19,5)22(21)12-15-29(23,30)6/h11-12,14,17,21,23H,7-10,13,15-16,18H2,1-6H3/t21-,23+,28+,29+,30+/m1/s1. The van der Waals surface area contributed by atoms with E-state index in [9.17, 15) is 19.2 Å². The van der Waals surface area contributed by atoms with Crippen molar-refractivity contribution in [2.24, 2.45) is 28.1 Å². The number of hydrogen-bond acceptors (Lipinski definition) is 6. The number of esters is 2. The molecule has 0 aromatic heterocycles. The predicted molar refractivity (Wildman–Crippen MR) is 136 cm³/mol. The zero-order valence-electron chi connectivity index (χ0n) is 22.6. The fourth-order valence-electron chi connectivity index (χ4n) is 7.05. The molecular formula is C30H40O6. The van der Waals surface area contributed by atoms with E-state index in [1.807, 2.05) is 13.0 Å². The van der Waals surface area contributed by atoms with Gasteiger partial charge in [0.1, 0.15) is 0 Å². The van der Waals surface area contributed by atoms with E-state index in [4.69, 9.17) is 9.47 Å². The Morgan fingerprint density at radius 1 is 1.14 bits per heavy atom. The topological polar surface area (TPSA) is 86.7 Å². The van der Waals surface area contributed by atoms with E-state index in [0.29, 0.717) is 19.3 Å². The fourth-order valence-corrected chi connectivity index (χ4v) is 7.05. The Labute approximate surface area is 214 Å². The van der Waals surface area contributed by atoms with Gasteiger partial charge in [-0.25, -0.2) is 0 Å². The summed E-state index contributed by atoms with van der Waals surface area (Å²) in [5, 5.41) is 0. The van der Waals surface area contributed by atoms with Gasteiger partial charge in [0.2, 0.25) is 5.78 Å². The number of ketones is 2. The summed E-state index contributed by atoms with van der Waals surface area (Å²) in [6.45, 7) is 11.1. The molecule has 6 heteroatoms. The van der Waals surface area contributed by atoms with Crippen molar-refractivity contribution < 1.29 is 28.7 Å². The van der Waals surface area contributed by atoms with Crippen molar-refractivity contribution in [3.63, 3.8) is 0 Å². The lowest BCUT2D eigenvalue weighted by Gasteiger charge is -2.54. The maximum Gasteiger partial charge on any atom is 0.312 e. The molecule has 0 amide bonds. The summed E-state index contributed by atoms with van der Waals surface area (Å²) in [6, 6.07) is 0. The summed E-state index contributed by atoms with van der Waals surface area (Å²) in [6.07, 6.45) is 12.1. The Hall–Kier alpha value is -2.50. The van der Waals surface area contributed by atoms with Crippen LogP contribution in [0.5, 0.6) is 0 Å². The second-order valence-corrected chi connectivity index (χ2v) is 12.5. The molecule has 0 bridgehead atoms. The average molecular weight is 497 g/mol. The van der Waals surface area contributed by atoms with Crippen LogP contribution in [-0.4, -0.2) is 35.7 Å². The monoisotopic (exact) mass is 496 g/mol. The van der Waals surface area contributed by atoms with Crippen molar-refractivity contribution in [3.8, 4) is 0 Å². The van der Waals surface area contributed by atoms with Crippen LogP contribution in [-0.2, 0) is 28.7 Å². The van der Waals surface area contributed by atoms with Crippen LogP contribution in [0.3, 0.4) is 0 Å². The maximum absolute atomic E-state index is 13.9. The molecule has 4 rings (SSSR count). The van der Waals surface area contributed by atoms with Crippen LogP contribution < -0.4 is 0 Å². The Morgan fingerprint density at radius 2 is 1.86 bits per heavy atom. The lowest BCUT2D eigenvalue weighted by Crippen LogP contribution is -2.58. The molecule has 0 N–H and O–H groups in total. The van der Waals surface area contributed by atoms with E-state index in [2.05, 4.69) is 19.9 Å². The van der Waals surface area contributed by atoms with Crippen LogP contribution in [0.25, 0.3) is 0 Å². The minimum absolute atomic E-state index is 0.0411. The molecule has 0 aromatic carbocycles. The lowest BCUT2D eigenvalue weighted by molar-refractivity contribution is -0.192. The van der Waals surface area contributed by atoms with Gasteiger partial charge in [0.05, 0.1) is 5.41 Å². The van der Waals surface area contributed by atoms with Crippen LogP contribution in [0.15, 0.2) is 35.5 Å². The summed E-state index contributed by atoms with van der Waals surface area (Å²) >= 11 is 0. The largest absolute Gasteiger partial charge is 0.457 e. The van der Waals surface area contributed by atoms with Crippen LogP contribution in [0.2, 0.25) is 0 Å². The van der Waals surface area contributed by atoms with Gasteiger partial charge in [-0.2, -0.15) is 0 Å². The molecule has 0 heterocycles. The second-order valence-electron chi connectivity index (χ2n) is 12.5. The van der Waals surface area contributed by atoms with E-state index in [-0.39, 0.29) is 41.8 Å². The third-order valence-corrected chi connectivity index (χ3v) is 9.22. The number of carbonyl (C=O) groups excluding carboxylic acids is 4. The number of rotatable bonds is 6. The fraction of sp³-hybridized carbons (Fsp3) is 0.667. The molecule has 0 aromatic rings. The van der Waals surface area contributed by atoms with Gasteiger partial charge in [-0.05, 0) is 90.2 Å². The summed E-state index contributed by atoms with van der Waals surface area (Å²) in [5.41, 5.74) is -0.540. The number of Topliss-reactive ketones (excluding diaryl/α,β-unsaturated/α-hetero) is 1. The molecule has 6 nitrogen and oxygen atoms in total. The van der Waals surface area contributed by atoms with E-state index < -0.39 is 28.4 Å². The van der Waals surface area contributed by atoms with Gasteiger partial charge in [0, 0.05) is 17.3 Å². The smallest absolute Gasteiger partial charge is 0.312 e. The molecule has 0 radical (unpaired) electrons. The van der Waals surface area contributed by atoms with Crippen LogP contribution >= 0.6 is 0 Å². The van der Waals surface area contributed by atoms with E-state index >= 15 is 0 Å². The minimum atomic E-state index is -1.34. The maximum atomic E-state index is 13.9. The lowest BCUT2D eigenvalue weighted by atomic mass is 9.51. The molecule has 4 aliphatic carbocycles. The van der Waals surface area contributed by atoms with Gasteiger partial charge in [-0.1, -0.05) is 37.1 Å². The van der Waals surface area contributed by atoms with Gasteiger partial charge in [-0.15, -0.1) is 0 Å². The summed E-state index contributed by atoms with van der Waals surface area (Å²) < 4.78 is 11.6. The highest BCUT2D eigenvalue weighted by Gasteiger charge is 2.67. The molecule has 0 saturated heterocycles. The van der Waals surface area contributed by atoms with Crippen molar-refractivity contribution in [2.45, 2.75) is 92.1 Å². The van der Waals surface area contributed by atoms with Crippen LogP contribution in [0.4, 0.5) is 0 Å². The Bertz CT molecular complexity index is 1070. The summed E-state index contributed by atoms with van der Waals surface area (Å²) in [7, 11) is 0.